The first-order valence-electron chi connectivity index (χ1n) is 10.7. The third kappa shape index (κ3) is 4.83. The highest BCUT2D eigenvalue weighted by Gasteiger charge is 2.30. The lowest BCUT2D eigenvalue weighted by atomic mass is 9.95. The van der Waals surface area contributed by atoms with Gasteiger partial charge in [0.2, 0.25) is 5.91 Å². The molecule has 1 aliphatic carbocycles. The van der Waals surface area contributed by atoms with E-state index in [-0.39, 0.29) is 35.1 Å². The molecular formula is C23H26N4O4S. The number of amidine groups is 1. The average molecular weight is 455 g/mol. The number of hydrogen-bond donors (Lipinski definition) is 3. The lowest BCUT2D eigenvalue weighted by Crippen LogP contribution is -2.36. The van der Waals surface area contributed by atoms with Gasteiger partial charge in [-0.3, -0.25) is 19.3 Å². The molecule has 1 heterocycles. The zero-order valence-corrected chi connectivity index (χ0v) is 18.7. The number of carbonyl (C=O) groups excluding carboxylic acids is 2. The van der Waals surface area contributed by atoms with Crippen molar-refractivity contribution in [2.75, 3.05) is 11.9 Å². The molecule has 4 rings (SSSR count). The highest BCUT2D eigenvalue weighted by molar-refractivity contribution is 7.90. The van der Waals surface area contributed by atoms with Crippen LogP contribution in [-0.2, 0) is 14.8 Å². The quantitative estimate of drug-likeness (QED) is 0.644. The minimum atomic E-state index is -3.64. The number of aryl methyl sites for hydroxylation is 1. The van der Waals surface area contributed by atoms with E-state index in [0.717, 1.165) is 31.2 Å². The molecule has 9 heteroatoms. The fraction of sp³-hybridized carbons (Fsp3) is 0.348. The van der Waals surface area contributed by atoms with Gasteiger partial charge in [-0.2, -0.15) is 0 Å². The monoisotopic (exact) mass is 454 g/mol. The van der Waals surface area contributed by atoms with Crippen LogP contribution in [0.25, 0.3) is 0 Å². The maximum absolute atomic E-state index is 12.5. The second-order valence-electron chi connectivity index (χ2n) is 8.15. The van der Waals surface area contributed by atoms with E-state index in [1.54, 1.807) is 36.4 Å². The van der Waals surface area contributed by atoms with Gasteiger partial charge in [-0.05, 0) is 55.7 Å². The first-order valence-corrected chi connectivity index (χ1v) is 12.2. The molecule has 0 aromatic heterocycles. The molecule has 2 aromatic rings. The number of benzene rings is 2. The van der Waals surface area contributed by atoms with Crippen molar-refractivity contribution in [1.29, 1.82) is 0 Å². The highest BCUT2D eigenvalue weighted by Crippen LogP contribution is 2.22. The van der Waals surface area contributed by atoms with Gasteiger partial charge in [-0.1, -0.05) is 31.4 Å². The van der Waals surface area contributed by atoms with E-state index >= 15 is 0 Å². The summed E-state index contributed by atoms with van der Waals surface area (Å²) in [6.07, 6.45) is 5.55. The van der Waals surface area contributed by atoms with E-state index in [1.807, 2.05) is 6.92 Å². The Bertz CT molecular complexity index is 1180. The van der Waals surface area contributed by atoms with Gasteiger partial charge in [0.1, 0.15) is 12.4 Å². The molecule has 0 spiro atoms. The smallest absolute Gasteiger partial charge is 0.263 e. The molecule has 168 valence electrons. The summed E-state index contributed by atoms with van der Waals surface area (Å²) in [5, 5.41) is 5.86. The van der Waals surface area contributed by atoms with Crippen LogP contribution in [0.3, 0.4) is 0 Å². The van der Waals surface area contributed by atoms with Crippen LogP contribution in [-0.4, -0.2) is 38.7 Å². The van der Waals surface area contributed by atoms with Gasteiger partial charge in [-0.15, -0.1) is 0 Å². The summed E-state index contributed by atoms with van der Waals surface area (Å²) in [7, 11) is -3.64. The number of nitrogens with one attached hydrogen (secondary N) is 3. The maximum Gasteiger partial charge on any atom is 0.263 e. The maximum atomic E-state index is 12.5. The van der Waals surface area contributed by atoms with Crippen molar-refractivity contribution in [3.63, 3.8) is 0 Å². The minimum Gasteiger partial charge on any atom is -0.349 e. The summed E-state index contributed by atoms with van der Waals surface area (Å²) >= 11 is 0. The summed E-state index contributed by atoms with van der Waals surface area (Å²) in [6, 6.07) is 11.9. The van der Waals surface area contributed by atoms with Gasteiger partial charge in [0, 0.05) is 22.9 Å². The molecule has 1 saturated carbocycles. The molecule has 2 amide bonds. The SMILES string of the molecule is Cc1cc(C(=O)NC2CCCCC2)ccc1NC(=O)CN=C1NS(=O)(=O)c2ccccc21. The predicted molar refractivity (Wildman–Crippen MR) is 122 cm³/mol. The Kier molecular flexibility index (Phi) is 6.27. The van der Waals surface area contributed by atoms with Crippen LogP contribution in [0, 0.1) is 6.92 Å². The molecular weight excluding hydrogens is 428 g/mol. The molecule has 32 heavy (non-hydrogen) atoms. The summed E-state index contributed by atoms with van der Waals surface area (Å²) in [4.78, 5) is 29.2. The van der Waals surface area contributed by atoms with Crippen LogP contribution in [0.1, 0.15) is 53.6 Å². The number of rotatable bonds is 5. The second-order valence-corrected chi connectivity index (χ2v) is 9.80. The topological polar surface area (TPSA) is 117 Å². The first-order chi connectivity index (χ1) is 15.3. The van der Waals surface area contributed by atoms with Crippen molar-refractivity contribution in [2.45, 2.75) is 50.0 Å². The van der Waals surface area contributed by atoms with Crippen LogP contribution in [0.5, 0.6) is 0 Å². The van der Waals surface area contributed by atoms with E-state index < -0.39 is 10.0 Å². The van der Waals surface area contributed by atoms with Gasteiger partial charge in [0.05, 0.1) is 4.90 Å². The zero-order valence-electron chi connectivity index (χ0n) is 17.8. The van der Waals surface area contributed by atoms with Crippen molar-refractivity contribution in [1.82, 2.24) is 10.0 Å². The number of hydrogen-bond acceptors (Lipinski definition) is 5. The van der Waals surface area contributed by atoms with Crippen molar-refractivity contribution >= 4 is 33.4 Å². The van der Waals surface area contributed by atoms with Crippen molar-refractivity contribution < 1.29 is 18.0 Å². The van der Waals surface area contributed by atoms with Gasteiger partial charge in [0.25, 0.3) is 15.9 Å². The van der Waals surface area contributed by atoms with Gasteiger partial charge < -0.3 is 10.6 Å². The number of amides is 2. The number of anilines is 1. The Morgan fingerprint density at radius 1 is 1.09 bits per heavy atom. The van der Waals surface area contributed by atoms with Crippen molar-refractivity contribution in [3.8, 4) is 0 Å². The van der Waals surface area contributed by atoms with Gasteiger partial charge in [-0.25, -0.2) is 8.42 Å². The van der Waals surface area contributed by atoms with E-state index in [9.17, 15) is 18.0 Å². The number of sulfonamides is 1. The largest absolute Gasteiger partial charge is 0.349 e. The van der Waals surface area contributed by atoms with E-state index in [4.69, 9.17) is 0 Å². The van der Waals surface area contributed by atoms with Crippen molar-refractivity contribution in [3.05, 3.63) is 59.2 Å². The molecule has 2 aliphatic rings. The van der Waals surface area contributed by atoms with Gasteiger partial charge in [0.15, 0.2) is 0 Å². The van der Waals surface area contributed by atoms with Crippen LogP contribution in [0.15, 0.2) is 52.4 Å². The second kappa shape index (κ2) is 9.12. The Balaban J connectivity index is 1.39. The normalized spacial score (nSPS) is 18.6. The Morgan fingerprint density at radius 3 is 2.59 bits per heavy atom. The van der Waals surface area contributed by atoms with Crippen LogP contribution in [0.4, 0.5) is 5.69 Å². The molecule has 0 saturated heterocycles. The molecule has 0 atom stereocenters. The molecule has 0 unspecified atom stereocenters. The molecule has 1 fully saturated rings. The fourth-order valence-corrected chi connectivity index (χ4v) is 5.30. The average Bonchev–Trinajstić information content (AvgIpc) is 3.05. The number of aliphatic imine (C=N–C) groups is 1. The molecule has 0 radical (unpaired) electrons. The molecule has 8 nitrogen and oxygen atoms in total. The molecule has 0 bridgehead atoms. The summed E-state index contributed by atoms with van der Waals surface area (Å²) in [6.45, 7) is 1.58. The Morgan fingerprint density at radius 2 is 1.84 bits per heavy atom. The lowest BCUT2D eigenvalue weighted by molar-refractivity contribution is -0.114. The lowest BCUT2D eigenvalue weighted by Gasteiger charge is -2.23. The Labute approximate surface area is 187 Å². The van der Waals surface area contributed by atoms with E-state index in [0.29, 0.717) is 16.8 Å². The third-order valence-electron chi connectivity index (χ3n) is 5.75. The van der Waals surface area contributed by atoms with Gasteiger partial charge >= 0.3 is 0 Å². The summed E-state index contributed by atoms with van der Waals surface area (Å²) in [5.74, 6) is -0.331. The number of carbonyl (C=O) groups is 2. The fourth-order valence-electron chi connectivity index (χ4n) is 4.05. The predicted octanol–water partition coefficient (Wildman–Crippen LogP) is 2.73. The van der Waals surface area contributed by atoms with Crippen LogP contribution in [0.2, 0.25) is 0 Å². The third-order valence-corrected chi connectivity index (χ3v) is 7.14. The van der Waals surface area contributed by atoms with E-state index in [2.05, 4.69) is 20.3 Å². The number of fused-ring (bicyclic) bond motifs is 1. The van der Waals surface area contributed by atoms with Crippen molar-refractivity contribution in [2.24, 2.45) is 4.99 Å². The minimum absolute atomic E-state index is 0.101. The number of nitrogens with zero attached hydrogens (tertiary/aromatic N) is 1. The molecule has 2 aromatic carbocycles. The molecule has 3 N–H and O–H groups in total. The zero-order chi connectivity index (χ0) is 22.7. The first kappa shape index (κ1) is 22.0. The Hall–Kier alpha value is -3.20. The van der Waals surface area contributed by atoms with Crippen LogP contribution < -0.4 is 15.4 Å². The van der Waals surface area contributed by atoms with E-state index in [1.165, 1.54) is 12.5 Å². The standard InChI is InChI=1S/C23H26N4O4S/c1-15-13-16(23(29)25-17-7-3-2-4-8-17)11-12-19(15)26-21(28)14-24-22-18-9-5-6-10-20(18)32(30,31)27-22/h5-6,9-13,17H,2-4,7-8,14H2,1H3,(H,24,27)(H,25,29)(H,26,28). The summed E-state index contributed by atoms with van der Waals surface area (Å²) < 4.78 is 26.6. The molecule has 1 aliphatic heterocycles. The summed E-state index contributed by atoms with van der Waals surface area (Å²) in [5.41, 5.74) is 2.35. The van der Waals surface area contributed by atoms with Crippen LogP contribution >= 0.6 is 0 Å². The highest BCUT2D eigenvalue weighted by atomic mass is 32.2.